The maximum Gasteiger partial charge on any atom is 0.222 e. The fourth-order valence-electron chi connectivity index (χ4n) is 4.41. The van der Waals surface area contributed by atoms with Crippen LogP contribution in [0.25, 0.3) is 0 Å². The fraction of sp³-hybridized carbons (Fsp3) is 0.435. The van der Waals surface area contributed by atoms with E-state index in [1.165, 1.54) is 17.4 Å². The van der Waals surface area contributed by atoms with E-state index in [0.717, 1.165) is 44.6 Å². The molecule has 1 atom stereocenters. The highest BCUT2D eigenvalue weighted by Crippen LogP contribution is 2.25. The van der Waals surface area contributed by atoms with E-state index in [2.05, 4.69) is 29.2 Å². The summed E-state index contributed by atoms with van der Waals surface area (Å²) in [6.45, 7) is 3.69. The number of nitrogens with zero attached hydrogens (tertiary/aromatic N) is 2. The van der Waals surface area contributed by atoms with Crippen molar-refractivity contribution < 1.29 is 13.2 Å². The van der Waals surface area contributed by atoms with Gasteiger partial charge in [0.2, 0.25) is 5.91 Å². The van der Waals surface area contributed by atoms with Crippen molar-refractivity contribution in [2.45, 2.75) is 43.2 Å². The highest BCUT2D eigenvalue weighted by atomic mass is 32.2. The average Bonchev–Trinajstić information content (AvgIpc) is 3.22. The Hall–Kier alpha value is -2.18. The lowest BCUT2D eigenvalue weighted by atomic mass is 9.98. The molecule has 1 amide bonds. The van der Waals surface area contributed by atoms with Crippen LogP contribution >= 0.6 is 0 Å². The quantitative estimate of drug-likeness (QED) is 0.758. The number of aryl methyl sites for hydroxylation is 1. The molecule has 0 bridgehead atoms. The van der Waals surface area contributed by atoms with E-state index < -0.39 is 9.84 Å². The summed E-state index contributed by atoms with van der Waals surface area (Å²) < 4.78 is 23.1. The van der Waals surface area contributed by atoms with Gasteiger partial charge in [-0.15, -0.1) is 0 Å². The first-order valence-electron chi connectivity index (χ1n) is 10.3. The first-order chi connectivity index (χ1) is 13.9. The highest BCUT2D eigenvalue weighted by molar-refractivity contribution is 7.90. The first-order valence-corrected chi connectivity index (χ1v) is 12.2. The fourth-order valence-corrected chi connectivity index (χ4v) is 5.04. The molecule has 2 heterocycles. The molecule has 154 valence electrons. The minimum absolute atomic E-state index is 0.192. The average molecular weight is 413 g/mol. The Balaban J connectivity index is 1.29. The van der Waals surface area contributed by atoms with Gasteiger partial charge in [0.1, 0.15) is 0 Å². The third-order valence-electron chi connectivity index (χ3n) is 6.17. The molecule has 0 spiro atoms. The molecule has 1 saturated heterocycles. The second kappa shape index (κ2) is 8.28. The topological polar surface area (TPSA) is 57.7 Å². The van der Waals surface area contributed by atoms with E-state index in [4.69, 9.17) is 0 Å². The second-order valence-corrected chi connectivity index (χ2v) is 10.2. The number of hydrogen-bond donors (Lipinski definition) is 0. The third kappa shape index (κ3) is 4.70. The lowest BCUT2D eigenvalue weighted by molar-refractivity contribution is -0.130. The van der Waals surface area contributed by atoms with Crippen molar-refractivity contribution in [3.8, 4) is 0 Å². The molecule has 2 aromatic carbocycles. The molecule has 0 saturated carbocycles. The maximum absolute atomic E-state index is 12.7. The van der Waals surface area contributed by atoms with Crippen LogP contribution in [0.2, 0.25) is 0 Å². The van der Waals surface area contributed by atoms with Crippen molar-refractivity contribution >= 4 is 15.7 Å². The number of benzene rings is 2. The minimum Gasteiger partial charge on any atom is -0.341 e. The molecule has 0 N–H and O–H groups in total. The number of rotatable bonds is 5. The number of carbonyl (C=O) groups excluding carboxylic acids is 1. The number of likely N-dealkylation sites (tertiary alicyclic amines) is 1. The molecule has 1 unspecified atom stereocenters. The van der Waals surface area contributed by atoms with E-state index in [-0.39, 0.29) is 5.91 Å². The monoisotopic (exact) mass is 412 g/mol. The number of hydrogen-bond acceptors (Lipinski definition) is 4. The Kier molecular flexibility index (Phi) is 5.74. The summed E-state index contributed by atoms with van der Waals surface area (Å²) in [6, 6.07) is 16.0. The number of fused-ring (bicyclic) bond motifs is 1. The van der Waals surface area contributed by atoms with Crippen LogP contribution in [0.15, 0.2) is 53.4 Å². The van der Waals surface area contributed by atoms with E-state index in [1.807, 2.05) is 17.0 Å². The normalized spacial score (nSPS) is 19.9. The van der Waals surface area contributed by atoms with Crippen LogP contribution in [-0.4, -0.2) is 56.1 Å². The van der Waals surface area contributed by atoms with Crippen LogP contribution in [0.4, 0.5) is 0 Å². The van der Waals surface area contributed by atoms with Gasteiger partial charge in [0.05, 0.1) is 4.90 Å². The van der Waals surface area contributed by atoms with Gasteiger partial charge >= 0.3 is 0 Å². The van der Waals surface area contributed by atoms with Gasteiger partial charge in [-0.3, -0.25) is 9.69 Å². The van der Waals surface area contributed by atoms with Crippen molar-refractivity contribution in [2.75, 3.05) is 25.9 Å². The molecule has 0 aromatic heterocycles. The molecular formula is C23H28N2O3S. The predicted octanol–water partition coefficient (Wildman–Crippen LogP) is 2.68. The molecule has 4 rings (SSSR count). The second-order valence-electron chi connectivity index (χ2n) is 8.19. The van der Waals surface area contributed by atoms with Crippen molar-refractivity contribution in [3.05, 3.63) is 65.2 Å². The van der Waals surface area contributed by atoms with Gasteiger partial charge in [0, 0.05) is 44.9 Å². The van der Waals surface area contributed by atoms with Gasteiger partial charge in [-0.05, 0) is 48.1 Å². The van der Waals surface area contributed by atoms with E-state index >= 15 is 0 Å². The van der Waals surface area contributed by atoms with Crippen molar-refractivity contribution in [2.24, 2.45) is 0 Å². The van der Waals surface area contributed by atoms with Crippen LogP contribution in [0.1, 0.15) is 29.5 Å². The van der Waals surface area contributed by atoms with Gasteiger partial charge in [-0.1, -0.05) is 36.4 Å². The van der Waals surface area contributed by atoms with Crippen molar-refractivity contribution in [1.29, 1.82) is 0 Å². The highest BCUT2D eigenvalue weighted by Gasteiger charge is 2.31. The molecule has 2 aliphatic rings. The van der Waals surface area contributed by atoms with Gasteiger partial charge < -0.3 is 4.90 Å². The Labute approximate surface area is 173 Å². The zero-order valence-electron chi connectivity index (χ0n) is 16.9. The number of carbonyl (C=O) groups is 1. The smallest absolute Gasteiger partial charge is 0.222 e. The molecule has 29 heavy (non-hydrogen) atoms. The molecule has 0 aliphatic carbocycles. The van der Waals surface area contributed by atoms with Crippen molar-refractivity contribution in [3.63, 3.8) is 0 Å². The number of amides is 1. The van der Waals surface area contributed by atoms with Crippen molar-refractivity contribution in [1.82, 2.24) is 9.80 Å². The van der Waals surface area contributed by atoms with Crippen LogP contribution in [0.3, 0.4) is 0 Å². The van der Waals surface area contributed by atoms with Crippen LogP contribution in [-0.2, 0) is 34.0 Å². The summed E-state index contributed by atoms with van der Waals surface area (Å²) in [5.74, 6) is 0.192. The molecule has 5 nitrogen and oxygen atoms in total. The van der Waals surface area contributed by atoms with E-state index in [0.29, 0.717) is 23.8 Å². The Morgan fingerprint density at radius 3 is 2.48 bits per heavy atom. The summed E-state index contributed by atoms with van der Waals surface area (Å²) in [7, 11) is -3.18. The number of sulfone groups is 1. The SMILES string of the molecule is CS(=O)(=O)c1ccc(CCC(=O)N2CCC(N3CCc4ccccc4C3)C2)cc1. The van der Waals surface area contributed by atoms with Gasteiger partial charge in [-0.25, -0.2) is 8.42 Å². The molecule has 2 aliphatic heterocycles. The summed E-state index contributed by atoms with van der Waals surface area (Å²) in [5.41, 5.74) is 3.87. The van der Waals surface area contributed by atoms with Gasteiger partial charge in [-0.2, -0.15) is 0 Å². The molecule has 2 aromatic rings. The standard InChI is InChI=1S/C23H28N2O3S/c1-29(27,28)22-9-6-18(7-10-22)8-11-23(26)25-15-13-21(17-25)24-14-12-19-4-2-3-5-20(19)16-24/h2-7,9-10,21H,8,11-17H2,1H3. The minimum atomic E-state index is -3.18. The third-order valence-corrected chi connectivity index (χ3v) is 7.30. The van der Waals surface area contributed by atoms with Gasteiger partial charge in [0.15, 0.2) is 9.84 Å². The van der Waals surface area contributed by atoms with E-state index in [9.17, 15) is 13.2 Å². The first kappa shape index (κ1) is 20.1. The molecule has 0 radical (unpaired) electrons. The zero-order chi connectivity index (χ0) is 20.4. The summed E-state index contributed by atoms with van der Waals surface area (Å²) in [4.78, 5) is 17.5. The summed E-state index contributed by atoms with van der Waals surface area (Å²) in [6.07, 6.45) is 4.44. The summed E-state index contributed by atoms with van der Waals surface area (Å²) >= 11 is 0. The van der Waals surface area contributed by atoms with E-state index in [1.54, 1.807) is 12.1 Å². The molecular weight excluding hydrogens is 384 g/mol. The van der Waals surface area contributed by atoms with Crippen LogP contribution < -0.4 is 0 Å². The van der Waals surface area contributed by atoms with Crippen LogP contribution in [0.5, 0.6) is 0 Å². The predicted molar refractivity (Wildman–Crippen MR) is 113 cm³/mol. The zero-order valence-corrected chi connectivity index (χ0v) is 17.7. The van der Waals surface area contributed by atoms with Gasteiger partial charge in [0.25, 0.3) is 0 Å². The summed E-state index contributed by atoms with van der Waals surface area (Å²) in [5, 5.41) is 0. The Bertz CT molecular complexity index is 985. The van der Waals surface area contributed by atoms with Crippen LogP contribution in [0, 0.1) is 0 Å². The Morgan fingerprint density at radius 2 is 1.76 bits per heavy atom. The molecule has 1 fully saturated rings. The molecule has 6 heteroatoms. The lowest BCUT2D eigenvalue weighted by Gasteiger charge is -2.33. The lowest BCUT2D eigenvalue weighted by Crippen LogP contribution is -2.41. The maximum atomic E-state index is 12.7. The Morgan fingerprint density at radius 1 is 1.03 bits per heavy atom. The largest absolute Gasteiger partial charge is 0.341 e.